The standard InChI is InChI=1S/C13H27N/c1-5-8-12(4)11-13(9-6-2)14-10-7-3/h6,12-14H,2,5,7-11H2,1,3-4H3. The van der Waals surface area contributed by atoms with E-state index in [0.717, 1.165) is 18.9 Å². The zero-order valence-corrected chi connectivity index (χ0v) is 10.2. The minimum Gasteiger partial charge on any atom is -0.314 e. The van der Waals surface area contributed by atoms with Crippen LogP contribution in [0.4, 0.5) is 0 Å². The molecule has 0 aliphatic heterocycles. The van der Waals surface area contributed by atoms with Gasteiger partial charge in [0.05, 0.1) is 0 Å². The smallest absolute Gasteiger partial charge is 0.0104 e. The van der Waals surface area contributed by atoms with Crippen molar-refractivity contribution in [3.63, 3.8) is 0 Å². The van der Waals surface area contributed by atoms with Crippen molar-refractivity contribution in [2.24, 2.45) is 5.92 Å². The molecule has 84 valence electrons. The van der Waals surface area contributed by atoms with E-state index >= 15 is 0 Å². The van der Waals surface area contributed by atoms with E-state index < -0.39 is 0 Å². The van der Waals surface area contributed by atoms with Gasteiger partial charge in [-0.25, -0.2) is 0 Å². The van der Waals surface area contributed by atoms with E-state index in [1.807, 2.05) is 6.08 Å². The summed E-state index contributed by atoms with van der Waals surface area (Å²) in [5.41, 5.74) is 0. The number of nitrogens with one attached hydrogen (secondary N) is 1. The lowest BCUT2D eigenvalue weighted by molar-refractivity contribution is 0.384. The fourth-order valence-corrected chi connectivity index (χ4v) is 1.91. The third-order valence-corrected chi connectivity index (χ3v) is 2.60. The Bertz CT molecular complexity index is 131. The zero-order valence-electron chi connectivity index (χ0n) is 10.2. The summed E-state index contributed by atoms with van der Waals surface area (Å²) in [5, 5.41) is 3.59. The second-order valence-corrected chi connectivity index (χ2v) is 4.30. The number of rotatable bonds is 9. The van der Waals surface area contributed by atoms with Crippen LogP contribution in [0.1, 0.15) is 52.9 Å². The van der Waals surface area contributed by atoms with Gasteiger partial charge in [0, 0.05) is 6.04 Å². The van der Waals surface area contributed by atoms with E-state index in [2.05, 4.69) is 32.7 Å². The molecule has 0 saturated heterocycles. The summed E-state index contributed by atoms with van der Waals surface area (Å²) in [6, 6.07) is 0.647. The van der Waals surface area contributed by atoms with Crippen LogP contribution in [0.2, 0.25) is 0 Å². The van der Waals surface area contributed by atoms with E-state index in [9.17, 15) is 0 Å². The lowest BCUT2D eigenvalue weighted by Crippen LogP contribution is -2.30. The predicted molar refractivity (Wildman–Crippen MR) is 65.6 cm³/mol. The number of hydrogen-bond donors (Lipinski definition) is 1. The van der Waals surface area contributed by atoms with Gasteiger partial charge in [-0.2, -0.15) is 0 Å². The molecular formula is C13H27N. The van der Waals surface area contributed by atoms with Crippen molar-refractivity contribution >= 4 is 0 Å². The lowest BCUT2D eigenvalue weighted by atomic mass is 9.95. The first-order valence-electron chi connectivity index (χ1n) is 6.08. The molecule has 2 atom stereocenters. The number of hydrogen-bond acceptors (Lipinski definition) is 1. The molecule has 0 amide bonds. The fraction of sp³-hybridized carbons (Fsp3) is 0.846. The molecule has 0 fully saturated rings. The van der Waals surface area contributed by atoms with Crippen molar-refractivity contribution in [3.8, 4) is 0 Å². The molecule has 1 N–H and O–H groups in total. The Hall–Kier alpha value is -0.300. The summed E-state index contributed by atoms with van der Waals surface area (Å²) in [6.45, 7) is 11.8. The highest BCUT2D eigenvalue weighted by Crippen LogP contribution is 2.14. The normalized spacial score (nSPS) is 15.1. The summed E-state index contributed by atoms with van der Waals surface area (Å²) < 4.78 is 0. The van der Waals surface area contributed by atoms with Crippen LogP contribution in [0.3, 0.4) is 0 Å². The van der Waals surface area contributed by atoms with Crippen molar-refractivity contribution in [3.05, 3.63) is 12.7 Å². The van der Waals surface area contributed by atoms with Gasteiger partial charge in [-0.05, 0) is 31.7 Å². The van der Waals surface area contributed by atoms with Gasteiger partial charge in [0.25, 0.3) is 0 Å². The van der Waals surface area contributed by atoms with Crippen LogP contribution in [0.25, 0.3) is 0 Å². The Labute approximate surface area is 90.0 Å². The van der Waals surface area contributed by atoms with Crippen molar-refractivity contribution in [2.45, 2.75) is 58.9 Å². The molecule has 0 aliphatic carbocycles. The van der Waals surface area contributed by atoms with E-state index in [-0.39, 0.29) is 0 Å². The average Bonchev–Trinajstić information content (AvgIpc) is 2.15. The van der Waals surface area contributed by atoms with Crippen LogP contribution in [-0.2, 0) is 0 Å². The van der Waals surface area contributed by atoms with E-state index in [1.54, 1.807) is 0 Å². The monoisotopic (exact) mass is 197 g/mol. The predicted octanol–water partition coefficient (Wildman–Crippen LogP) is 3.76. The molecule has 2 unspecified atom stereocenters. The van der Waals surface area contributed by atoms with Crippen LogP contribution in [-0.4, -0.2) is 12.6 Å². The van der Waals surface area contributed by atoms with Crippen LogP contribution < -0.4 is 5.32 Å². The molecule has 0 rings (SSSR count). The molecule has 0 spiro atoms. The SMILES string of the molecule is C=CCC(CC(C)CCC)NCCC. The first-order valence-corrected chi connectivity index (χ1v) is 6.08. The molecule has 1 nitrogen and oxygen atoms in total. The quantitative estimate of drug-likeness (QED) is 0.555. The van der Waals surface area contributed by atoms with Crippen molar-refractivity contribution in [1.29, 1.82) is 0 Å². The molecule has 0 aliphatic rings. The Morgan fingerprint density at radius 3 is 2.50 bits per heavy atom. The molecule has 0 bridgehead atoms. The molecule has 0 aromatic carbocycles. The minimum absolute atomic E-state index is 0.647. The summed E-state index contributed by atoms with van der Waals surface area (Å²) in [6.07, 6.45) is 8.30. The Balaban J connectivity index is 3.75. The Kier molecular flexibility index (Phi) is 9.06. The van der Waals surface area contributed by atoms with Crippen LogP contribution in [0.15, 0.2) is 12.7 Å². The van der Waals surface area contributed by atoms with Gasteiger partial charge in [0.15, 0.2) is 0 Å². The summed E-state index contributed by atoms with van der Waals surface area (Å²) in [7, 11) is 0. The van der Waals surface area contributed by atoms with Crippen LogP contribution in [0, 0.1) is 5.92 Å². The fourth-order valence-electron chi connectivity index (χ4n) is 1.91. The van der Waals surface area contributed by atoms with Crippen LogP contribution in [0.5, 0.6) is 0 Å². The third-order valence-electron chi connectivity index (χ3n) is 2.60. The topological polar surface area (TPSA) is 12.0 Å². The molecule has 0 aromatic rings. The van der Waals surface area contributed by atoms with Gasteiger partial charge in [-0.15, -0.1) is 6.58 Å². The average molecular weight is 197 g/mol. The van der Waals surface area contributed by atoms with E-state index in [4.69, 9.17) is 0 Å². The maximum absolute atomic E-state index is 3.82. The highest BCUT2D eigenvalue weighted by molar-refractivity contribution is 4.79. The van der Waals surface area contributed by atoms with Gasteiger partial charge in [-0.3, -0.25) is 0 Å². The van der Waals surface area contributed by atoms with Crippen molar-refractivity contribution < 1.29 is 0 Å². The molecule has 0 aromatic heterocycles. The second kappa shape index (κ2) is 9.26. The van der Waals surface area contributed by atoms with Crippen LogP contribution >= 0.6 is 0 Å². The largest absolute Gasteiger partial charge is 0.314 e. The van der Waals surface area contributed by atoms with Crippen molar-refractivity contribution in [1.82, 2.24) is 5.32 Å². The molecule has 14 heavy (non-hydrogen) atoms. The molecular weight excluding hydrogens is 170 g/mol. The van der Waals surface area contributed by atoms with Gasteiger partial charge in [0.1, 0.15) is 0 Å². The summed E-state index contributed by atoms with van der Waals surface area (Å²) >= 11 is 0. The van der Waals surface area contributed by atoms with Gasteiger partial charge in [-0.1, -0.05) is 39.7 Å². The Morgan fingerprint density at radius 1 is 1.29 bits per heavy atom. The molecule has 1 heteroatoms. The second-order valence-electron chi connectivity index (χ2n) is 4.30. The summed E-state index contributed by atoms with van der Waals surface area (Å²) in [4.78, 5) is 0. The maximum atomic E-state index is 3.82. The zero-order chi connectivity index (χ0) is 10.8. The lowest BCUT2D eigenvalue weighted by Gasteiger charge is -2.20. The Morgan fingerprint density at radius 2 is 2.00 bits per heavy atom. The first kappa shape index (κ1) is 13.7. The molecule has 0 heterocycles. The van der Waals surface area contributed by atoms with E-state index in [1.165, 1.54) is 25.7 Å². The summed E-state index contributed by atoms with van der Waals surface area (Å²) in [5.74, 6) is 0.842. The van der Waals surface area contributed by atoms with E-state index in [0.29, 0.717) is 6.04 Å². The van der Waals surface area contributed by atoms with Gasteiger partial charge >= 0.3 is 0 Å². The first-order chi connectivity index (χ1) is 6.74. The molecule has 0 radical (unpaired) electrons. The van der Waals surface area contributed by atoms with Gasteiger partial charge < -0.3 is 5.32 Å². The van der Waals surface area contributed by atoms with Crippen molar-refractivity contribution in [2.75, 3.05) is 6.54 Å². The highest BCUT2D eigenvalue weighted by Gasteiger charge is 2.10. The third kappa shape index (κ3) is 7.14. The minimum atomic E-state index is 0.647. The van der Waals surface area contributed by atoms with Gasteiger partial charge in [0.2, 0.25) is 0 Å². The highest BCUT2D eigenvalue weighted by atomic mass is 14.9. The molecule has 0 saturated carbocycles. The maximum Gasteiger partial charge on any atom is 0.0104 e.